The second kappa shape index (κ2) is 4.56. The summed E-state index contributed by atoms with van der Waals surface area (Å²) in [6.07, 6.45) is 0.808. The molecule has 1 heterocycles. The minimum Gasteiger partial charge on any atom is -0.268 e. The molecule has 80 valence electrons. The first-order valence-corrected chi connectivity index (χ1v) is 6.26. The lowest BCUT2D eigenvalue weighted by Gasteiger charge is -1.94. The van der Waals surface area contributed by atoms with Crippen molar-refractivity contribution in [1.29, 1.82) is 0 Å². The summed E-state index contributed by atoms with van der Waals surface area (Å²) in [5.41, 5.74) is 0.0526. The molecular formula is C10H9Cl2NOS. The van der Waals surface area contributed by atoms with E-state index in [0.717, 1.165) is 16.5 Å². The largest absolute Gasteiger partial charge is 0.268 e. The number of aromatic nitrogens is 1. The number of aryl methyl sites for hydroxylation is 1. The molecule has 0 bridgehead atoms. The normalized spacial score (nSPS) is 11.1. The van der Waals surface area contributed by atoms with Gasteiger partial charge in [-0.05, 0) is 24.6 Å². The Balaban J connectivity index is 2.49. The number of hydrogen-bond acceptors (Lipinski definition) is 2. The average Bonchev–Trinajstić information content (AvgIpc) is 2.52. The van der Waals surface area contributed by atoms with Gasteiger partial charge in [0.25, 0.3) is 5.56 Å². The summed E-state index contributed by atoms with van der Waals surface area (Å²) >= 11 is 12.9. The van der Waals surface area contributed by atoms with E-state index in [-0.39, 0.29) is 5.56 Å². The molecular weight excluding hydrogens is 253 g/mol. The number of rotatable bonds is 3. The van der Waals surface area contributed by atoms with Crippen molar-refractivity contribution >= 4 is 44.8 Å². The quantitative estimate of drug-likeness (QED) is 0.777. The Bertz CT molecular complexity index is 532. The molecule has 0 saturated carbocycles. The Kier molecular flexibility index (Phi) is 3.34. The number of alkyl halides is 1. The lowest BCUT2D eigenvalue weighted by atomic mass is 10.3. The molecule has 2 nitrogen and oxygen atoms in total. The maximum Gasteiger partial charge on any atom is 0.268 e. The molecule has 0 unspecified atom stereocenters. The SMILES string of the molecule is O=c1c2ccc(Cl)cc2sn1CCCCl. The Labute approximate surface area is 101 Å². The van der Waals surface area contributed by atoms with Crippen LogP contribution in [0.2, 0.25) is 5.02 Å². The van der Waals surface area contributed by atoms with Crippen LogP contribution in [-0.4, -0.2) is 9.84 Å². The fourth-order valence-electron chi connectivity index (χ4n) is 1.39. The third-order valence-corrected chi connectivity index (χ3v) is 3.71. The summed E-state index contributed by atoms with van der Waals surface area (Å²) < 4.78 is 2.66. The summed E-state index contributed by atoms with van der Waals surface area (Å²) in [6, 6.07) is 5.33. The van der Waals surface area contributed by atoms with Crippen LogP contribution in [0.15, 0.2) is 23.0 Å². The summed E-state index contributed by atoms with van der Waals surface area (Å²) in [5.74, 6) is 0.571. The molecule has 0 atom stereocenters. The highest BCUT2D eigenvalue weighted by Crippen LogP contribution is 2.21. The maximum absolute atomic E-state index is 11.8. The fraction of sp³-hybridized carbons (Fsp3) is 0.300. The van der Waals surface area contributed by atoms with Crippen molar-refractivity contribution in [2.24, 2.45) is 0 Å². The van der Waals surface area contributed by atoms with Crippen LogP contribution in [0.4, 0.5) is 0 Å². The van der Waals surface area contributed by atoms with Crippen LogP contribution >= 0.6 is 34.7 Å². The lowest BCUT2D eigenvalue weighted by molar-refractivity contribution is 0.720. The number of nitrogens with zero attached hydrogens (tertiary/aromatic N) is 1. The van der Waals surface area contributed by atoms with E-state index in [4.69, 9.17) is 23.2 Å². The Hall–Kier alpha value is -0.510. The van der Waals surface area contributed by atoms with Crippen molar-refractivity contribution in [3.05, 3.63) is 33.6 Å². The van der Waals surface area contributed by atoms with Crippen LogP contribution < -0.4 is 5.56 Å². The first-order valence-electron chi connectivity index (χ1n) is 4.57. The molecule has 0 aliphatic rings. The number of fused-ring (bicyclic) bond motifs is 1. The minimum atomic E-state index is 0.0526. The van der Waals surface area contributed by atoms with Crippen LogP contribution in [-0.2, 0) is 6.54 Å². The molecule has 1 aromatic carbocycles. The third kappa shape index (κ3) is 2.19. The summed E-state index contributed by atoms with van der Waals surface area (Å²) in [4.78, 5) is 11.8. The zero-order chi connectivity index (χ0) is 10.8. The van der Waals surface area contributed by atoms with Crippen molar-refractivity contribution < 1.29 is 0 Å². The van der Waals surface area contributed by atoms with Gasteiger partial charge in [0.2, 0.25) is 0 Å². The predicted octanol–water partition coefficient (Wildman–Crippen LogP) is 3.35. The first kappa shape index (κ1) is 11.0. The zero-order valence-corrected chi connectivity index (χ0v) is 10.2. The van der Waals surface area contributed by atoms with Crippen molar-refractivity contribution in [3.63, 3.8) is 0 Å². The van der Waals surface area contributed by atoms with Gasteiger partial charge in [-0.3, -0.25) is 8.75 Å². The van der Waals surface area contributed by atoms with E-state index in [1.807, 2.05) is 6.07 Å². The lowest BCUT2D eigenvalue weighted by Crippen LogP contribution is -2.12. The van der Waals surface area contributed by atoms with Gasteiger partial charge in [-0.2, -0.15) is 0 Å². The van der Waals surface area contributed by atoms with E-state index < -0.39 is 0 Å². The molecule has 0 spiro atoms. The van der Waals surface area contributed by atoms with E-state index in [1.54, 1.807) is 16.1 Å². The number of benzene rings is 1. The van der Waals surface area contributed by atoms with Crippen LogP contribution in [0, 0.1) is 0 Å². The molecule has 0 amide bonds. The van der Waals surface area contributed by atoms with Gasteiger partial charge >= 0.3 is 0 Å². The molecule has 0 fully saturated rings. The smallest absolute Gasteiger partial charge is 0.268 e. The molecule has 0 N–H and O–H groups in total. The average molecular weight is 262 g/mol. The topological polar surface area (TPSA) is 22.0 Å². The summed E-state index contributed by atoms with van der Waals surface area (Å²) in [7, 11) is 0. The summed E-state index contributed by atoms with van der Waals surface area (Å²) in [6.45, 7) is 0.680. The van der Waals surface area contributed by atoms with E-state index in [2.05, 4.69) is 0 Å². The van der Waals surface area contributed by atoms with Gasteiger partial charge in [-0.1, -0.05) is 23.1 Å². The fourth-order valence-corrected chi connectivity index (χ4v) is 2.82. The minimum absolute atomic E-state index is 0.0526. The van der Waals surface area contributed by atoms with Crippen molar-refractivity contribution in [3.8, 4) is 0 Å². The van der Waals surface area contributed by atoms with Gasteiger partial charge in [-0.25, -0.2) is 0 Å². The molecule has 2 aromatic rings. The third-order valence-electron chi connectivity index (χ3n) is 2.10. The Morgan fingerprint density at radius 1 is 1.40 bits per heavy atom. The van der Waals surface area contributed by atoms with E-state index >= 15 is 0 Å². The molecule has 5 heteroatoms. The van der Waals surface area contributed by atoms with Gasteiger partial charge < -0.3 is 0 Å². The molecule has 1 aromatic heterocycles. The second-order valence-corrected chi connectivity index (χ2v) is 5.06. The van der Waals surface area contributed by atoms with Gasteiger partial charge in [0.15, 0.2) is 0 Å². The van der Waals surface area contributed by atoms with E-state index in [0.29, 0.717) is 17.4 Å². The molecule has 0 aliphatic heterocycles. The predicted molar refractivity (Wildman–Crippen MR) is 66.4 cm³/mol. The van der Waals surface area contributed by atoms with E-state index in [9.17, 15) is 4.79 Å². The van der Waals surface area contributed by atoms with Crippen LogP contribution in [0.25, 0.3) is 10.1 Å². The second-order valence-electron chi connectivity index (χ2n) is 3.18. The first-order chi connectivity index (χ1) is 7.22. The van der Waals surface area contributed by atoms with Crippen LogP contribution in [0.3, 0.4) is 0 Å². The van der Waals surface area contributed by atoms with Crippen molar-refractivity contribution in [1.82, 2.24) is 3.96 Å². The van der Waals surface area contributed by atoms with Gasteiger partial charge in [0.1, 0.15) is 0 Å². The monoisotopic (exact) mass is 261 g/mol. The van der Waals surface area contributed by atoms with Gasteiger partial charge in [0.05, 0.1) is 10.1 Å². The van der Waals surface area contributed by atoms with Crippen LogP contribution in [0.1, 0.15) is 6.42 Å². The van der Waals surface area contributed by atoms with E-state index in [1.165, 1.54) is 11.5 Å². The zero-order valence-electron chi connectivity index (χ0n) is 7.87. The molecule has 0 aliphatic carbocycles. The van der Waals surface area contributed by atoms with Gasteiger partial charge in [-0.15, -0.1) is 11.6 Å². The Morgan fingerprint density at radius 3 is 2.93 bits per heavy atom. The molecule has 15 heavy (non-hydrogen) atoms. The van der Waals surface area contributed by atoms with Gasteiger partial charge in [0, 0.05) is 17.4 Å². The maximum atomic E-state index is 11.8. The summed E-state index contributed by atoms with van der Waals surface area (Å²) in [5, 5.41) is 1.40. The number of hydrogen-bond donors (Lipinski definition) is 0. The highest BCUT2D eigenvalue weighted by atomic mass is 35.5. The van der Waals surface area contributed by atoms with Crippen LogP contribution in [0.5, 0.6) is 0 Å². The highest BCUT2D eigenvalue weighted by molar-refractivity contribution is 7.13. The standard InChI is InChI=1S/C10H9Cl2NOS/c11-4-1-5-13-10(14)8-3-2-7(12)6-9(8)15-13/h2-3,6H,1,4-5H2. The van der Waals surface area contributed by atoms with Crippen molar-refractivity contribution in [2.75, 3.05) is 5.88 Å². The van der Waals surface area contributed by atoms with Crippen molar-refractivity contribution in [2.45, 2.75) is 13.0 Å². The highest BCUT2D eigenvalue weighted by Gasteiger charge is 2.06. The number of halogens is 2. The molecule has 0 radical (unpaired) electrons. The molecule has 2 rings (SSSR count). The molecule has 0 saturated heterocycles. The Morgan fingerprint density at radius 2 is 2.20 bits per heavy atom.